The quantitative estimate of drug-likeness (QED) is 0.0158. The molecule has 0 fully saturated rings. The van der Waals surface area contributed by atoms with E-state index in [4.69, 9.17) is 87.5 Å². The Morgan fingerprint density at radius 1 is 0.347 bits per heavy atom. The van der Waals surface area contributed by atoms with E-state index in [2.05, 4.69) is 44.9 Å². The van der Waals surface area contributed by atoms with E-state index in [1.54, 1.807) is 6.92 Å². The molecule has 7 aromatic heterocycles. The second-order valence-corrected chi connectivity index (χ2v) is 34.0. The van der Waals surface area contributed by atoms with Crippen LogP contribution in [-0.2, 0) is 133 Å². The molecule has 0 unspecified atom stereocenters. The van der Waals surface area contributed by atoms with Crippen molar-refractivity contribution < 1.29 is 126 Å². The highest BCUT2D eigenvalue weighted by Gasteiger charge is 2.35. The molecular formula is C89H136N26O29. The second-order valence-electron chi connectivity index (χ2n) is 34.0. The lowest BCUT2D eigenvalue weighted by molar-refractivity contribution is -0.140. The number of fused-ring (bicyclic) bond motifs is 2. The normalized spacial score (nSPS) is 12.8. The molecular weight excluding hydrogens is 1900 g/mol. The highest BCUT2D eigenvalue weighted by Crippen LogP contribution is 2.23. The second kappa shape index (κ2) is 65.5. The molecule has 144 heavy (non-hydrogen) atoms. The predicted octanol–water partition coefficient (Wildman–Crippen LogP) is -7.25. The number of Topliss-reactive ketones (excluding diaryl/α,β-unsaturated/α-hetero) is 5. The third kappa shape index (κ3) is 43.4. The molecule has 0 bridgehead atoms. The number of hydrogen-bond donors (Lipinski definition) is 12. The Kier molecular flexibility index (Phi) is 53.8. The number of ether oxygens (including phenoxy) is 10. The molecule has 55 nitrogen and oxygen atoms in total. The number of amides is 6. The molecule has 7 aromatic rings. The van der Waals surface area contributed by atoms with Crippen molar-refractivity contribution in [3.05, 3.63) is 93.6 Å². The summed E-state index contributed by atoms with van der Waals surface area (Å²) in [6, 6.07) is 3.82. The van der Waals surface area contributed by atoms with E-state index in [1.165, 1.54) is 63.5 Å². The number of aliphatic hydroxyl groups is 5. The minimum Gasteiger partial charge on any atom is -0.394 e. The Hall–Kier alpha value is -12.7. The number of aliphatic hydroxyl groups excluding tert-OH is 5. The van der Waals surface area contributed by atoms with Crippen molar-refractivity contribution in [2.24, 2.45) is 47.0 Å². The monoisotopic (exact) mass is 2030 g/mol. The molecule has 0 saturated heterocycles. The largest absolute Gasteiger partial charge is 0.394 e. The first-order valence-corrected chi connectivity index (χ1v) is 46.9. The first kappa shape index (κ1) is 118. The summed E-state index contributed by atoms with van der Waals surface area (Å²) >= 11 is 0. The molecule has 7 rings (SSSR count). The average molecular weight is 2030 g/mol. The minimum absolute atomic E-state index is 0.0469. The van der Waals surface area contributed by atoms with Crippen molar-refractivity contribution in [2.45, 2.75) is 91.0 Å². The summed E-state index contributed by atoms with van der Waals surface area (Å²) in [7, 11) is 0. The van der Waals surface area contributed by atoms with Gasteiger partial charge >= 0.3 is 17.1 Å². The number of imidazole rings is 2. The van der Waals surface area contributed by atoms with Crippen LogP contribution in [0.2, 0.25) is 0 Å². The van der Waals surface area contributed by atoms with Gasteiger partial charge in [-0.2, -0.15) is 15.0 Å². The molecule has 6 atom stereocenters. The summed E-state index contributed by atoms with van der Waals surface area (Å²) in [5.41, 5.74) is 39.0. The van der Waals surface area contributed by atoms with Crippen molar-refractivity contribution in [2.75, 3.05) is 266 Å². The predicted molar refractivity (Wildman–Crippen MR) is 512 cm³/mol. The van der Waals surface area contributed by atoms with Gasteiger partial charge in [0.15, 0.2) is 51.8 Å². The summed E-state index contributed by atoms with van der Waals surface area (Å²) in [6.45, 7) is -10.8. The van der Waals surface area contributed by atoms with Crippen LogP contribution in [0.4, 0.5) is 29.1 Å². The van der Waals surface area contributed by atoms with Crippen LogP contribution < -0.4 is 57.2 Å². The van der Waals surface area contributed by atoms with E-state index in [0.717, 1.165) is 46.0 Å². The van der Waals surface area contributed by atoms with Gasteiger partial charge < -0.3 is 147 Å². The molecule has 19 N–H and O–H groups in total. The third-order valence-electron chi connectivity index (χ3n) is 21.9. The smallest absolute Gasteiger partial charge is 0.349 e. The third-order valence-corrected chi connectivity index (χ3v) is 21.9. The van der Waals surface area contributed by atoms with Gasteiger partial charge in [0.2, 0.25) is 35.4 Å². The van der Waals surface area contributed by atoms with Crippen LogP contribution >= 0.6 is 0 Å². The van der Waals surface area contributed by atoms with Gasteiger partial charge in [0.1, 0.15) is 73.9 Å². The molecule has 0 saturated carbocycles. The topological polar surface area (TPSA) is 771 Å². The number of carbonyl (C=O) groups is 11. The van der Waals surface area contributed by atoms with Crippen LogP contribution in [0.3, 0.4) is 0 Å². The molecule has 0 aliphatic carbocycles. The molecule has 7 heterocycles. The van der Waals surface area contributed by atoms with Crippen LogP contribution in [0, 0.1) is 35.5 Å². The maximum Gasteiger partial charge on any atom is 0.349 e. The van der Waals surface area contributed by atoms with Gasteiger partial charge in [-0.3, -0.25) is 66.4 Å². The number of nitrogens with two attached hydrogens (primary N) is 7. The van der Waals surface area contributed by atoms with Crippen molar-refractivity contribution in [3.8, 4) is 0 Å². The minimum atomic E-state index is -1.14. The van der Waals surface area contributed by atoms with Crippen molar-refractivity contribution in [1.29, 1.82) is 0 Å². The fourth-order valence-electron chi connectivity index (χ4n) is 15.1. The highest BCUT2D eigenvalue weighted by molar-refractivity contribution is 5.92. The van der Waals surface area contributed by atoms with E-state index < -0.39 is 247 Å². The molecule has 0 aromatic carbocycles. The Balaban J connectivity index is 1.28. The number of aromatic nitrogens is 14. The Labute approximate surface area is 827 Å². The van der Waals surface area contributed by atoms with Gasteiger partial charge in [0, 0.05) is 113 Å². The van der Waals surface area contributed by atoms with E-state index in [9.17, 15) is 63.9 Å². The lowest BCUT2D eigenvalue weighted by Crippen LogP contribution is -2.46. The van der Waals surface area contributed by atoms with Crippen LogP contribution in [0.1, 0.15) is 58.3 Å². The van der Waals surface area contributed by atoms with Gasteiger partial charge in [-0.15, -0.1) is 0 Å². The molecule has 0 spiro atoms. The zero-order chi connectivity index (χ0) is 105. The molecule has 796 valence electrons. The lowest BCUT2D eigenvalue weighted by atomic mass is 9.95. The highest BCUT2D eigenvalue weighted by atomic mass is 16.5. The average Bonchev–Trinajstić information content (AvgIpc) is 1.67. The van der Waals surface area contributed by atoms with E-state index >= 15 is 28.8 Å². The summed E-state index contributed by atoms with van der Waals surface area (Å²) in [5.74, 6) is -14.6. The summed E-state index contributed by atoms with van der Waals surface area (Å²) < 4.78 is 62.9. The van der Waals surface area contributed by atoms with Crippen molar-refractivity contribution in [1.82, 2.24) is 92.2 Å². The first-order valence-electron chi connectivity index (χ1n) is 46.9. The number of anilines is 5. The number of ketones is 5. The van der Waals surface area contributed by atoms with Crippen molar-refractivity contribution >= 4 is 116 Å². The molecule has 6 amide bonds. The molecule has 55 heteroatoms. The number of carbonyl (C=O) groups excluding carboxylic acids is 11. The number of primary amides is 1. The standard InChI is InChI=1S/C89H136N26O29/c1-61(52-140-27-22-135-17-12-116)37-109(75(126)47-106-9-5-72(91)103-87(106)132)42-67(121)32-62(53-141-28-23-136-18-13-117)38-110(76(127)48-107-10-6-73(92)104-88(107)133)43-68(122)33-63(54-142-29-24-137-19-14-118)39-111(78(129)50-114-59-101-80-82(94)97-57-99-85(80)114)44-69(123)34-64(55-143-30-25-138-20-15-119)40-112(79(130)51-115-60-102-81-83(95)98-58-100-86(81)115)45-70(124)35-65(56-144-31-26-139-21-16-120)41-113(77(128)49-108-11-7-74(93)105-89(108)134)46-71(125)36-66(84(96)131)4-2-3-8-90/h5-7,9-11,57-66,116-120H,2-4,8,12-56,90H2,1H3,(H2,96,131)(H2,91,103,132)(H2,92,104,133)(H2,93,105,134)(H2,94,97,99)(H2,95,98,100)/t61-,62-,63-,64-,65-,66-/m0/s1. The van der Waals surface area contributed by atoms with Crippen molar-refractivity contribution in [3.63, 3.8) is 0 Å². The summed E-state index contributed by atoms with van der Waals surface area (Å²) in [6.07, 6.45) is 7.01. The number of hydrogen-bond acceptors (Lipinski definition) is 44. The SMILES string of the molecule is C[C@H](COCCOCCO)CN(CC(=O)C[C@H](COCCOCCO)CN(CC(=O)C[C@H](COCCOCCO)CN(CC(=O)C[C@H](COCCOCCO)CN(CC(=O)C[C@H](COCCOCCO)CN(CC(=O)C[C@H](CCCCN)C(N)=O)C(=O)Cn1ccc(N)nc1=O)C(=O)Cn1cnc2c(N)ncnc21)C(=O)Cn1cnc2c(N)ncnc21)C(=O)Cn1ccc(N)nc1=O)C(=O)Cn1ccc(N)nc1=O. The number of nitrogen functional groups attached to an aromatic ring is 5. The van der Waals surface area contributed by atoms with Gasteiger partial charge in [-0.1, -0.05) is 13.3 Å². The van der Waals surface area contributed by atoms with Gasteiger partial charge in [0.25, 0.3) is 0 Å². The van der Waals surface area contributed by atoms with E-state index in [-0.39, 0.29) is 229 Å². The van der Waals surface area contributed by atoms with E-state index in [1.807, 2.05) is 0 Å². The number of unbranched alkanes of at least 4 members (excludes halogenated alkanes) is 1. The summed E-state index contributed by atoms with van der Waals surface area (Å²) in [5, 5.41) is 47.4. The zero-order valence-electron chi connectivity index (χ0n) is 81.0. The Morgan fingerprint density at radius 3 is 0.896 bits per heavy atom. The van der Waals surface area contributed by atoms with Gasteiger partial charge in [-0.05, 0) is 43.5 Å². The fourth-order valence-corrected chi connectivity index (χ4v) is 15.1. The van der Waals surface area contributed by atoms with Crippen LogP contribution in [0.5, 0.6) is 0 Å². The maximum atomic E-state index is 15.6. The Bertz CT molecular complexity index is 5380. The van der Waals surface area contributed by atoms with Crippen LogP contribution in [-0.4, -0.2) is 419 Å². The molecule has 0 radical (unpaired) electrons. The number of rotatable bonds is 80. The fraction of sp³-hybridized carbons (Fsp3) is 0.629. The van der Waals surface area contributed by atoms with Crippen LogP contribution in [0.25, 0.3) is 22.3 Å². The van der Waals surface area contributed by atoms with Gasteiger partial charge in [0.05, 0.1) is 211 Å². The molecule has 0 aliphatic rings. The maximum absolute atomic E-state index is 15.6. The number of nitrogens with zero attached hydrogens (tertiary/aromatic N) is 19. The summed E-state index contributed by atoms with van der Waals surface area (Å²) in [4.78, 5) is 245. The van der Waals surface area contributed by atoms with Crippen LogP contribution in [0.15, 0.2) is 76.5 Å². The zero-order valence-corrected chi connectivity index (χ0v) is 81.0. The van der Waals surface area contributed by atoms with E-state index in [0.29, 0.717) is 12.8 Å². The lowest BCUT2D eigenvalue weighted by Gasteiger charge is -2.31. The first-order chi connectivity index (χ1) is 69.3. The Morgan fingerprint density at radius 2 is 0.618 bits per heavy atom. The molecule has 0 aliphatic heterocycles. The van der Waals surface area contributed by atoms with Gasteiger partial charge in [-0.25, -0.2) is 44.3 Å².